The summed E-state index contributed by atoms with van der Waals surface area (Å²) in [6.07, 6.45) is 0. The molecule has 2 aromatic heterocycles. The van der Waals surface area contributed by atoms with Crippen LogP contribution in [0.25, 0.3) is 39.4 Å². The summed E-state index contributed by atoms with van der Waals surface area (Å²) in [6, 6.07) is 22.3. The number of hydrogen-bond acceptors (Lipinski definition) is 6. The van der Waals surface area contributed by atoms with Crippen LogP contribution in [0.3, 0.4) is 0 Å². The first-order valence-corrected chi connectivity index (χ1v) is 9.72. The Hall–Kier alpha value is -4.26. The lowest BCUT2D eigenvalue weighted by Crippen LogP contribution is -2.22. The Labute approximate surface area is 177 Å². The number of ether oxygens (including phenoxy) is 1. The van der Waals surface area contributed by atoms with Gasteiger partial charge in [0.05, 0.1) is 23.7 Å². The fourth-order valence-electron chi connectivity index (χ4n) is 3.54. The highest BCUT2D eigenvalue weighted by molar-refractivity contribution is 5.92. The van der Waals surface area contributed by atoms with Crippen LogP contribution in [-0.4, -0.2) is 27.0 Å². The van der Waals surface area contributed by atoms with Gasteiger partial charge in [-0.3, -0.25) is 4.79 Å². The van der Waals surface area contributed by atoms with Crippen LogP contribution in [0.5, 0.6) is 5.75 Å². The highest BCUT2D eigenvalue weighted by Gasteiger charge is 2.20. The molecule has 5 rings (SSSR count). The van der Waals surface area contributed by atoms with Crippen molar-refractivity contribution < 1.29 is 9.26 Å². The van der Waals surface area contributed by atoms with E-state index in [2.05, 4.69) is 15.2 Å². The maximum atomic E-state index is 13.2. The van der Waals surface area contributed by atoms with Crippen molar-refractivity contribution in [3.05, 3.63) is 88.7 Å². The van der Waals surface area contributed by atoms with Crippen molar-refractivity contribution in [3.63, 3.8) is 0 Å². The lowest BCUT2D eigenvalue weighted by molar-refractivity contribution is 0.413. The molecule has 0 unspecified atom stereocenters. The van der Waals surface area contributed by atoms with Crippen molar-refractivity contribution in [2.24, 2.45) is 0 Å². The summed E-state index contributed by atoms with van der Waals surface area (Å²) < 4.78 is 12.4. The van der Waals surface area contributed by atoms with E-state index in [1.165, 1.54) is 4.68 Å². The summed E-state index contributed by atoms with van der Waals surface area (Å²) >= 11 is 0. The summed E-state index contributed by atoms with van der Waals surface area (Å²) in [5.41, 5.74) is 2.62. The molecule has 7 nitrogen and oxygen atoms in total. The van der Waals surface area contributed by atoms with Gasteiger partial charge in [-0.1, -0.05) is 47.6 Å². The molecule has 31 heavy (non-hydrogen) atoms. The molecule has 0 saturated carbocycles. The smallest absolute Gasteiger partial charge is 0.279 e. The third-order valence-corrected chi connectivity index (χ3v) is 5.03. The van der Waals surface area contributed by atoms with Gasteiger partial charge in [-0.05, 0) is 42.8 Å². The monoisotopic (exact) mass is 410 g/mol. The molecule has 2 heterocycles. The number of hydrogen-bond donors (Lipinski definition) is 0. The minimum Gasteiger partial charge on any atom is -0.496 e. The van der Waals surface area contributed by atoms with Gasteiger partial charge in [-0.15, -0.1) is 0 Å². The average molecular weight is 410 g/mol. The Morgan fingerprint density at radius 3 is 2.52 bits per heavy atom. The number of rotatable bonds is 4. The summed E-state index contributed by atoms with van der Waals surface area (Å²) in [5, 5.41) is 9.90. The zero-order valence-corrected chi connectivity index (χ0v) is 16.9. The lowest BCUT2D eigenvalue weighted by atomic mass is 10.1. The number of nitrogens with zero attached hydrogens (tertiary/aromatic N) is 4. The van der Waals surface area contributed by atoms with E-state index in [1.54, 1.807) is 13.2 Å². The van der Waals surface area contributed by atoms with E-state index in [-0.39, 0.29) is 11.4 Å². The van der Waals surface area contributed by atoms with Gasteiger partial charge in [0.15, 0.2) is 5.69 Å². The van der Waals surface area contributed by atoms with Gasteiger partial charge in [0, 0.05) is 5.39 Å². The van der Waals surface area contributed by atoms with Gasteiger partial charge >= 0.3 is 0 Å². The number of methoxy groups -OCH3 is 1. The number of para-hydroxylation sites is 1. The number of fused-ring (bicyclic) bond motifs is 1. The summed E-state index contributed by atoms with van der Waals surface area (Å²) in [6.45, 7) is 1.97. The standard InChI is InChI=1S/C24H18N4O3/c1-15-8-7-9-16(14-15)28-24(29)18-11-4-3-10-17(18)21(26-28)23-25-22(27-31-23)19-12-5-6-13-20(19)30-2/h3-14H,1-2H3. The van der Waals surface area contributed by atoms with Gasteiger partial charge < -0.3 is 9.26 Å². The maximum Gasteiger partial charge on any atom is 0.279 e. The first-order chi connectivity index (χ1) is 15.2. The molecule has 0 aliphatic rings. The Morgan fingerprint density at radius 1 is 0.935 bits per heavy atom. The van der Waals surface area contributed by atoms with Crippen molar-refractivity contribution in [2.75, 3.05) is 7.11 Å². The van der Waals surface area contributed by atoms with Crippen LogP contribution >= 0.6 is 0 Å². The second-order valence-electron chi connectivity index (χ2n) is 7.07. The number of aryl methyl sites for hydroxylation is 1. The topological polar surface area (TPSA) is 83.0 Å². The van der Waals surface area contributed by atoms with Crippen molar-refractivity contribution in [2.45, 2.75) is 6.92 Å². The van der Waals surface area contributed by atoms with Gasteiger partial charge in [0.25, 0.3) is 11.4 Å². The van der Waals surface area contributed by atoms with Crippen molar-refractivity contribution in [1.82, 2.24) is 19.9 Å². The molecule has 0 amide bonds. The normalized spacial score (nSPS) is 11.0. The molecule has 7 heteroatoms. The fraction of sp³-hybridized carbons (Fsp3) is 0.0833. The molecular formula is C24H18N4O3. The molecular weight excluding hydrogens is 392 g/mol. The SMILES string of the molecule is COc1ccccc1-c1noc(-c2nn(-c3cccc(C)c3)c(=O)c3ccccc23)n1. The van der Waals surface area contributed by atoms with Crippen molar-refractivity contribution >= 4 is 10.8 Å². The zero-order valence-electron chi connectivity index (χ0n) is 16.9. The minimum absolute atomic E-state index is 0.214. The van der Waals surface area contributed by atoms with Crippen LogP contribution in [0, 0.1) is 6.92 Å². The average Bonchev–Trinajstić information content (AvgIpc) is 3.29. The molecule has 3 aromatic carbocycles. The third-order valence-electron chi connectivity index (χ3n) is 5.03. The molecule has 0 N–H and O–H groups in total. The molecule has 5 aromatic rings. The van der Waals surface area contributed by atoms with Crippen LogP contribution in [-0.2, 0) is 0 Å². The molecule has 0 saturated heterocycles. The van der Waals surface area contributed by atoms with Gasteiger partial charge in [-0.2, -0.15) is 14.8 Å². The van der Waals surface area contributed by atoms with Crippen LogP contribution < -0.4 is 10.3 Å². The Morgan fingerprint density at radius 2 is 1.71 bits per heavy atom. The summed E-state index contributed by atoms with van der Waals surface area (Å²) in [4.78, 5) is 17.7. The maximum absolute atomic E-state index is 13.2. The molecule has 0 bridgehead atoms. The van der Waals surface area contributed by atoms with E-state index in [0.29, 0.717) is 39.3 Å². The molecule has 0 fully saturated rings. The summed E-state index contributed by atoms with van der Waals surface area (Å²) in [7, 11) is 1.59. The fourth-order valence-corrected chi connectivity index (χ4v) is 3.54. The molecule has 0 spiro atoms. The summed E-state index contributed by atoms with van der Waals surface area (Å²) in [5.74, 6) is 1.24. The van der Waals surface area contributed by atoms with Crippen LogP contribution in [0.15, 0.2) is 82.1 Å². The quantitative estimate of drug-likeness (QED) is 0.436. The van der Waals surface area contributed by atoms with Crippen molar-refractivity contribution in [3.8, 4) is 34.4 Å². The lowest BCUT2D eigenvalue weighted by Gasteiger charge is -2.09. The van der Waals surface area contributed by atoms with Crippen LogP contribution in [0.2, 0.25) is 0 Å². The van der Waals surface area contributed by atoms with E-state index in [9.17, 15) is 4.79 Å². The van der Waals surface area contributed by atoms with Crippen LogP contribution in [0.1, 0.15) is 5.56 Å². The van der Waals surface area contributed by atoms with E-state index in [4.69, 9.17) is 9.26 Å². The first-order valence-electron chi connectivity index (χ1n) is 9.72. The zero-order chi connectivity index (χ0) is 21.4. The second-order valence-corrected chi connectivity index (χ2v) is 7.07. The van der Waals surface area contributed by atoms with Crippen molar-refractivity contribution in [1.29, 1.82) is 0 Å². The largest absolute Gasteiger partial charge is 0.496 e. The van der Waals surface area contributed by atoms with Gasteiger partial charge in [0.1, 0.15) is 5.75 Å². The first kappa shape index (κ1) is 18.7. The highest BCUT2D eigenvalue weighted by Crippen LogP contribution is 2.30. The molecule has 0 aliphatic carbocycles. The van der Waals surface area contributed by atoms with E-state index in [0.717, 1.165) is 5.56 Å². The number of benzene rings is 3. The third kappa shape index (κ3) is 3.26. The minimum atomic E-state index is -0.214. The van der Waals surface area contributed by atoms with Gasteiger partial charge in [0.2, 0.25) is 5.82 Å². The second kappa shape index (κ2) is 7.53. The van der Waals surface area contributed by atoms with E-state index in [1.807, 2.05) is 73.7 Å². The molecule has 152 valence electrons. The predicted molar refractivity (Wildman–Crippen MR) is 117 cm³/mol. The molecule has 0 aliphatic heterocycles. The van der Waals surface area contributed by atoms with E-state index < -0.39 is 0 Å². The van der Waals surface area contributed by atoms with Gasteiger partial charge in [-0.25, -0.2) is 0 Å². The Bertz CT molecular complexity index is 1470. The predicted octanol–water partition coefficient (Wildman–Crippen LogP) is 4.42. The molecule has 0 atom stereocenters. The van der Waals surface area contributed by atoms with Crippen LogP contribution in [0.4, 0.5) is 0 Å². The highest BCUT2D eigenvalue weighted by atomic mass is 16.5. The van der Waals surface area contributed by atoms with E-state index >= 15 is 0 Å². The number of aromatic nitrogens is 4. The Balaban J connectivity index is 1.73. The Kier molecular flexibility index (Phi) is 4.55. The molecule has 0 radical (unpaired) electrons.